The lowest BCUT2D eigenvalue weighted by molar-refractivity contribution is 0.136. The van der Waals surface area contributed by atoms with E-state index in [1.807, 2.05) is 36.4 Å². The molecule has 2 aromatic rings. The number of hydrogen-bond donors (Lipinski definition) is 1. The predicted molar refractivity (Wildman–Crippen MR) is 79.3 cm³/mol. The molecule has 106 valence electrons. The molecule has 0 saturated heterocycles. The van der Waals surface area contributed by atoms with E-state index in [1.165, 1.54) is 0 Å². The largest absolute Gasteiger partial charge is 0.493 e. The summed E-state index contributed by atoms with van der Waals surface area (Å²) in [7, 11) is 4.85. The maximum atomic E-state index is 6.12. The molecule has 0 aliphatic heterocycles. The molecule has 0 amide bonds. The number of benzene rings is 2. The molecule has 1 unspecified atom stereocenters. The van der Waals surface area contributed by atoms with Crippen LogP contribution in [0, 0.1) is 0 Å². The molecule has 0 saturated carbocycles. The fourth-order valence-electron chi connectivity index (χ4n) is 2.21. The summed E-state index contributed by atoms with van der Waals surface area (Å²) in [5.41, 5.74) is 8.62. The van der Waals surface area contributed by atoms with Gasteiger partial charge in [0, 0.05) is 24.4 Å². The molecule has 2 rings (SSSR count). The first-order chi connectivity index (χ1) is 9.71. The smallest absolute Gasteiger partial charge is 0.162 e. The number of nitrogens with two attached hydrogens (primary N) is 1. The van der Waals surface area contributed by atoms with E-state index < -0.39 is 0 Å². The Hall–Kier alpha value is -2.20. The van der Waals surface area contributed by atoms with Crippen molar-refractivity contribution >= 4 is 5.69 Å². The van der Waals surface area contributed by atoms with Crippen molar-refractivity contribution in [1.29, 1.82) is 0 Å². The predicted octanol–water partition coefficient (Wildman–Crippen LogP) is 3.02. The van der Waals surface area contributed by atoms with Crippen LogP contribution in [0.1, 0.15) is 17.2 Å². The zero-order chi connectivity index (χ0) is 14.5. The Morgan fingerprint density at radius 1 is 0.900 bits per heavy atom. The van der Waals surface area contributed by atoms with E-state index in [9.17, 15) is 0 Å². The van der Waals surface area contributed by atoms with Gasteiger partial charge in [-0.15, -0.1) is 0 Å². The van der Waals surface area contributed by atoms with E-state index in [2.05, 4.69) is 0 Å². The third-order valence-corrected chi connectivity index (χ3v) is 3.21. The number of anilines is 1. The van der Waals surface area contributed by atoms with Gasteiger partial charge in [0.05, 0.1) is 14.2 Å². The molecule has 4 heteroatoms. The van der Waals surface area contributed by atoms with Gasteiger partial charge in [0.1, 0.15) is 6.10 Å². The van der Waals surface area contributed by atoms with E-state index >= 15 is 0 Å². The van der Waals surface area contributed by atoms with Gasteiger partial charge in [-0.05, 0) is 11.6 Å². The highest BCUT2D eigenvalue weighted by Crippen LogP contribution is 2.37. The Bertz CT molecular complexity index is 569. The average Bonchev–Trinajstić information content (AvgIpc) is 2.50. The zero-order valence-electron chi connectivity index (χ0n) is 11.9. The lowest BCUT2D eigenvalue weighted by atomic mass is 9.99. The van der Waals surface area contributed by atoms with E-state index in [4.69, 9.17) is 19.9 Å². The molecule has 0 bridgehead atoms. The summed E-state index contributed by atoms with van der Waals surface area (Å²) in [4.78, 5) is 0. The Balaban J connectivity index is 2.50. The zero-order valence-corrected chi connectivity index (χ0v) is 11.9. The maximum Gasteiger partial charge on any atom is 0.162 e. The summed E-state index contributed by atoms with van der Waals surface area (Å²) in [6, 6.07) is 13.5. The second kappa shape index (κ2) is 6.30. The van der Waals surface area contributed by atoms with Crippen LogP contribution >= 0.6 is 0 Å². The van der Waals surface area contributed by atoms with Gasteiger partial charge in [-0.2, -0.15) is 0 Å². The summed E-state index contributed by atoms with van der Waals surface area (Å²) in [5.74, 6) is 1.24. The second-order valence-corrected chi connectivity index (χ2v) is 4.36. The highest BCUT2D eigenvalue weighted by molar-refractivity contribution is 5.60. The summed E-state index contributed by atoms with van der Waals surface area (Å²) < 4.78 is 16.2. The van der Waals surface area contributed by atoms with Gasteiger partial charge in [-0.25, -0.2) is 0 Å². The quantitative estimate of drug-likeness (QED) is 0.851. The van der Waals surface area contributed by atoms with Crippen LogP contribution in [-0.2, 0) is 4.74 Å². The normalized spacial score (nSPS) is 11.9. The van der Waals surface area contributed by atoms with Gasteiger partial charge >= 0.3 is 0 Å². The van der Waals surface area contributed by atoms with E-state index in [1.54, 1.807) is 27.4 Å². The standard InChI is InChI=1S/C16H19NO3/c1-18-14-9-12(13(17)10-15(14)19-2)16(20-3)11-7-5-4-6-8-11/h4-10,16H,17H2,1-3H3. The second-order valence-electron chi connectivity index (χ2n) is 4.36. The van der Waals surface area contributed by atoms with Crippen molar-refractivity contribution in [3.63, 3.8) is 0 Å². The first-order valence-electron chi connectivity index (χ1n) is 6.30. The maximum absolute atomic E-state index is 6.12. The third-order valence-electron chi connectivity index (χ3n) is 3.21. The van der Waals surface area contributed by atoms with Crippen LogP contribution < -0.4 is 15.2 Å². The minimum absolute atomic E-state index is 0.240. The van der Waals surface area contributed by atoms with Crippen molar-refractivity contribution < 1.29 is 14.2 Å². The van der Waals surface area contributed by atoms with Crippen molar-refractivity contribution in [3.8, 4) is 11.5 Å². The van der Waals surface area contributed by atoms with Crippen LogP contribution in [0.5, 0.6) is 11.5 Å². The lowest BCUT2D eigenvalue weighted by Gasteiger charge is -2.20. The molecule has 0 fully saturated rings. The molecular formula is C16H19NO3. The minimum atomic E-state index is -0.240. The molecule has 0 radical (unpaired) electrons. The molecule has 0 aliphatic carbocycles. The molecule has 2 N–H and O–H groups in total. The SMILES string of the molecule is COc1cc(N)c(C(OC)c2ccccc2)cc1OC. The summed E-state index contributed by atoms with van der Waals surface area (Å²) in [5, 5.41) is 0. The van der Waals surface area contributed by atoms with Gasteiger partial charge in [-0.3, -0.25) is 0 Å². The molecule has 0 aliphatic rings. The fourth-order valence-corrected chi connectivity index (χ4v) is 2.21. The van der Waals surface area contributed by atoms with Gasteiger partial charge in [0.25, 0.3) is 0 Å². The highest BCUT2D eigenvalue weighted by atomic mass is 16.5. The number of nitrogen functional groups attached to an aromatic ring is 1. The van der Waals surface area contributed by atoms with Crippen LogP contribution in [0.25, 0.3) is 0 Å². The summed E-state index contributed by atoms with van der Waals surface area (Å²) in [6.07, 6.45) is -0.240. The van der Waals surface area contributed by atoms with Crippen LogP contribution in [0.2, 0.25) is 0 Å². The van der Waals surface area contributed by atoms with Crippen molar-refractivity contribution in [1.82, 2.24) is 0 Å². The van der Waals surface area contributed by atoms with Gasteiger partial charge in [0.2, 0.25) is 0 Å². The molecule has 2 aromatic carbocycles. The number of rotatable bonds is 5. The van der Waals surface area contributed by atoms with Gasteiger partial charge < -0.3 is 19.9 Å². The molecular weight excluding hydrogens is 254 g/mol. The van der Waals surface area contributed by atoms with Crippen molar-refractivity contribution in [2.24, 2.45) is 0 Å². The van der Waals surface area contributed by atoms with Gasteiger partial charge in [0.15, 0.2) is 11.5 Å². The Morgan fingerprint density at radius 2 is 1.50 bits per heavy atom. The minimum Gasteiger partial charge on any atom is -0.493 e. The highest BCUT2D eigenvalue weighted by Gasteiger charge is 2.19. The Morgan fingerprint density at radius 3 is 2.05 bits per heavy atom. The van der Waals surface area contributed by atoms with E-state index in [-0.39, 0.29) is 6.10 Å². The van der Waals surface area contributed by atoms with E-state index in [0.717, 1.165) is 11.1 Å². The van der Waals surface area contributed by atoms with Crippen LogP contribution in [-0.4, -0.2) is 21.3 Å². The fraction of sp³-hybridized carbons (Fsp3) is 0.250. The lowest BCUT2D eigenvalue weighted by Crippen LogP contribution is -2.07. The Labute approximate surface area is 119 Å². The van der Waals surface area contributed by atoms with E-state index in [0.29, 0.717) is 17.2 Å². The monoisotopic (exact) mass is 273 g/mol. The van der Waals surface area contributed by atoms with Crippen molar-refractivity contribution in [2.45, 2.75) is 6.10 Å². The first kappa shape index (κ1) is 14.2. The summed E-state index contributed by atoms with van der Waals surface area (Å²) in [6.45, 7) is 0. The van der Waals surface area contributed by atoms with Crippen molar-refractivity contribution in [3.05, 3.63) is 53.6 Å². The van der Waals surface area contributed by atoms with Gasteiger partial charge in [-0.1, -0.05) is 30.3 Å². The molecule has 1 atom stereocenters. The third kappa shape index (κ3) is 2.70. The molecule has 0 aromatic heterocycles. The topological polar surface area (TPSA) is 53.7 Å². The number of methoxy groups -OCH3 is 3. The molecule has 20 heavy (non-hydrogen) atoms. The molecule has 0 heterocycles. The number of ether oxygens (including phenoxy) is 3. The first-order valence-corrected chi connectivity index (χ1v) is 6.30. The van der Waals surface area contributed by atoms with Crippen molar-refractivity contribution in [2.75, 3.05) is 27.1 Å². The molecule has 4 nitrogen and oxygen atoms in total. The van der Waals surface area contributed by atoms with Crippen LogP contribution in [0.4, 0.5) is 5.69 Å². The average molecular weight is 273 g/mol. The Kier molecular flexibility index (Phi) is 4.48. The molecule has 0 spiro atoms. The van der Waals surface area contributed by atoms with Crippen LogP contribution in [0.15, 0.2) is 42.5 Å². The number of hydrogen-bond acceptors (Lipinski definition) is 4. The van der Waals surface area contributed by atoms with Crippen LogP contribution in [0.3, 0.4) is 0 Å². The summed E-state index contributed by atoms with van der Waals surface area (Å²) >= 11 is 0.